The van der Waals surface area contributed by atoms with Gasteiger partial charge in [-0.15, -0.1) is 0 Å². The highest BCUT2D eigenvalue weighted by atomic mass is 35.5. The molecule has 2 N–H and O–H groups in total. The lowest BCUT2D eigenvalue weighted by Gasteiger charge is -2.17. The van der Waals surface area contributed by atoms with Crippen molar-refractivity contribution in [3.63, 3.8) is 0 Å². The van der Waals surface area contributed by atoms with Gasteiger partial charge in [0.15, 0.2) is 0 Å². The number of pyridine rings is 1. The molecule has 6 heteroatoms. The first kappa shape index (κ1) is 16.7. The Labute approximate surface area is 125 Å². The van der Waals surface area contributed by atoms with Crippen LogP contribution in [0.25, 0.3) is 0 Å². The van der Waals surface area contributed by atoms with Crippen LogP contribution in [0.2, 0.25) is 5.02 Å². The monoisotopic (exact) mass is 299 g/mol. The molecule has 0 spiro atoms. The van der Waals surface area contributed by atoms with Crippen molar-refractivity contribution in [1.82, 2.24) is 10.3 Å². The third kappa shape index (κ3) is 4.98. The SMILES string of the molecule is CCCC(COC)NC(=O)c1cnc(NCC)c(Cl)c1. The Hall–Kier alpha value is -1.33. The summed E-state index contributed by atoms with van der Waals surface area (Å²) < 4.78 is 5.10. The molecule has 1 atom stereocenters. The quantitative estimate of drug-likeness (QED) is 0.775. The smallest absolute Gasteiger partial charge is 0.253 e. The summed E-state index contributed by atoms with van der Waals surface area (Å²) in [7, 11) is 1.62. The fourth-order valence-electron chi connectivity index (χ4n) is 1.88. The van der Waals surface area contributed by atoms with E-state index in [1.165, 1.54) is 6.20 Å². The number of anilines is 1. The number of rotatable bonds is 8. The number of nitrogens with one attached hydrogen (secondary N) is 2. The topological polar surface area (TPSA) is 63.2 Å². The van der Waals surface area contributed by atoms with Gasteiger partial charge in [0.05, 0.1) is 23.2 Å². The Morgan fingerprint density at radius 2 is 2.25 bits per heavy atom. The number of ether oxygens (including phenoxy) is 1. The largest absolute Gasteiger partial charge is 0.383 e. The van der Waals surface area contributed by atoms with Crippen LogP contribution in [0.15, 0.2) is 12.3 Å². The number of methoxy groups -OCH3 is 1. The molecule has 0 aliphatic heterocycles. The number of hydrogen-bond donors (Lipinski definition) is 2. The average molecular weight is 300 g/mol. The molecule has 112 valence electrons. The predicted octanol–water partition coefficient (Wildman–Crippen LogP) is 2.71. The Morgan fingerprint density at radius 1 is 1.50 bits per heavy atom. The molecule has 0 saturated carbocycles. The summed E-state index contributed by atoms with van der Waals surface area (Å²) in [6.45, 7) is 5.25. The Morgan fingerprint density at radius 3 is 2.80 bits per heavy atom. The number of carbonyl (C=O) groups excluding carboxylic acids is 1. The van der Waals surface area contributed by atoms with Crippen LogP contribution in [0.5, 0.6) is 0 Å². The van der Waals surface area contributed by atoms with Crippen LogP contribution in [0, 0.1) is 0 Å². The Balaban J connectivity index is 2.73. The molecular weight excluding hydrogens is 278 g/mol. The minimum atomic E-state index is -0.182. The highest BCUT2D eigenvalue weighted by Gasteiger charge is 2.14. The third-order valence-electron chi connectivity index (χ3n) is 2.79. The van der Waals surface area contributed by atoms with Gasteiger partial charge in [-0.3, -0.25) is 4.79 Å². The molecule has 1 amide bonds. The molecular formula is C14H22ClN3O2. The van der Waals surface area contributed by atoms with Gasteiger partial charge in [-0.25, -0.2) is 4.98 Å². The van der Waals surface area contributed by atoms with Crippen LogP contribution in [0.1, 0.15) is 37.0 Å². The molecule has 20 heavy (non-hydrogen) atoms. The minimum Gasteiger partial charge on any atom is -0.383 e. The molecule has 0 saturated heterocycles. The van der Waals surface area contributed by atoms with E-state index in [-0.39, 0.29) is 11.9 Å². The molecule has 0 aliphatic carbocycles. The van der Waals surface area contributed by atoms with Gasteiger partial charge >= 0.3 is 0 Å². The maximum Gasteiger partial charge on any atom is 0.253 e. The van der Waals surface area contributed by atoms with Gasteiger partial charge in [-0.05, 0) is 19.4 Å². The second-order valence-corrected chi connectivity index (χ2v) is 4.91. The van der Waals surface area contributed by atoms with Gasteiger partial charge in [0.25, 0.3) is 5.91 Å². The first-order chi connectivity index (χ1) is 9.62. The van der Waals surface area contributed by atoms with E-state index in [1.54, 1.807) is 13.2 Å². The van der Waals surface area contributed by atoms with E-state index in [9.17, 15) is 4.79 Å². The summed E-state index contributed by atoms with van der Waals surface area (Å²) in [6, 6.07) is 1.63. The number of amides is 1. The Bertz CT molecular complexity index is 434. The number of hydrogen-bond acceptors (Lipinski definition) is 4. The van der Waals surface area contributed by atoms with Crippen molar-refractivity contribution in [3.05, 3.63) is 22.8 Å². The zero-order valence-electron chi connectivity index (χ0n) is 12.2. The fourth-order valence-corrected chi connectivity index (χ4v) is 2.11. The maximum absolute atomic E-state index is 12.1. The second-order valence-electron chi connectivity index (χ2n) is 4.50. The van der Waals surface area contributed by atoms with E-state index in [1.807, 2.05) is 6.92 Å². The van der Waals surface area contributed by atoms with Gasteiger partial charge < -0.3 is 15.4 Å². The van der Waals surface area contributed by atoms with Crippen molar-refractivity contribution in [3.8, 4) is 0 Å². The third-order valence-corrected chi connectivity index (χ3v) is 3.08. The molecule has 0 fully saturated rings. The highest BCUT2D eigenvalue weighted by molar-refractivity contribution is 6.33. The standard InChI is InChI=1S/C14H22ClN3O2/c1-4-6-11(9-20-3)18-14(19)10-7-12(15)13(16-5-2)17-8-10/h7-8,11H,4-6,9H2,1-3H3,(H,16,17)(H,18,19). The summed E-state index contributed by atoms with van der Waals surface area (Å²) in [5, 5.41) is 6.40. The van der Waals surface area contributed by atoms with Gasteiger partial charge in [-0.1, -0.05) is 24.9 Å². The molecule has 0 radical (unpaired) electrons. The van der Waals surface area contributed by atoms with Gasteiger partial charge in [0.2, 0.25) is 0 Å². The summed E-state index contributed by atoms with van der Waals surface area (Å²) in [5.74, 6) is 0.408. The van der Waals surface area contributed by atoms with Crippen molar-refractivity contribution in [2.24, 2.45) is 0 Å². The normalized spacial score (nSPS) is 12.0. The predicted molar refractivity (Wildman–Crippen MR) is 81.4 cm³/mol. The molecule has 0 aromatic carbocycles. The maximum atomic E-state index is 12.1. The lowest BCUT2D eigenvalue weighted by Crippen LogP contribution is -2.38. The van der Waals surface area contributed by atoms with Crippen molar-refractivity contribution >= 4 is 23.3 Å². The van der Waals surface area contributed by atoms with Crippen molar-refractivity contribution in [2.75, 3.05) is 25.6 Å². The van der Waals surface area contributed by atoms with Crippen LogP contribution >= 0.6 is 11.6 Å². The fraction of sp³-hybridized carbons (Fsp3) is 0.571. The van der Waals surface area contributed by atoms with Gasteiger partial charge in [-0.2, -0.15) is 0 Å². The lowest BCUT2D eigenvalue weighted by molar-refractivity contribution is 0.0891. The first-order valence-corrected chi connectivity index (χ1v) is 7.19. The zero-order chi connectivity index (χ0) is 15.0. The molecule has 1 heterocycles. The van der Waals surface area contributed by atoms with Gasteiger partial charge in [0.1, 0.15) is 5.82 Å². The molecule has 5 nitrogen and oxygen atoms in total. The summed E-state index contributed by atoms with van der Waals surface area (Å²) in [4.78, 5) is 16.3. The molecule has 1 aromatic heterocycles. The van der Waals surface area contributed by atoms with Crippen LogP contribution in [0.4, 0.5) is 5.82 Å². The molecule has 1 unspecified atom stereocenters. The van der Waals surface area contributed by atoms with E-state index in [0.717, 1.165) is 19.4 Å². The van der Waals surface area contributed by atoms with Crippen LogP contribution in [-0.2, 0) is 4.74 Å². The zero-order valence-corrected chi connectivity index (χ0v) is 13.0. The summed E-state index contributed by atoms with van der Waals surface area (Å²) >= 11 is 6.08. The lowest BCUT2D eigenvalue weighted by atomic mass is 10.1. The van der Waals surface area contributed by atoms with Gasteiger partial charge in [0, 0.05) is 19.9 Å². The van der Waals surface area contributed by atoms with Crippen molar-refractivity contribution in [1.29, 1.82) is 0 Å². The van der Waals surface area contributed by atoms with Crippen LogP contribution in [-0.4, -0.2) is 37.2 Å². The van der Waals surface area contributed by atoms with E-state index < -0.39 is 0 Å². The number of carbonyl (C=O) groups is 1. The summed E-state index contributed by atoms with van der Waals surface area (Å²) in [6.07, 6.45) is 3.37. The Kier molecular flexibility index (Phi) is 7.33. The number of aromatic nitrogens is 1. The molecule has 0 aliphatic rings. The molecule has 1 rings (SSSR count). The second kappa shape index (κ2) is 8.76. The first-order valence-electron chi connectivity index (χ1n) is 6.81. The number of halogens is 1. The van der Waals surface area contributed by atoms with Crippen molar-refractivity contribution in [2.45, 2.75) is 32.7 Å². The van der Waals surface area contributed by atoms with E-state index >= 15 is 0 Å². The number of nitrogens with zero attached hydrogens (tertiary/aromatic N) is 1. The van der Waals surface area contributed by atoms with Crippen LogP contribution in [0.3, 0.4) is 0 Å². The van der Waals surface area contributed by atoms with E-state index in [4.69, 9.17) is 16.3 Å². The van der Waals surface area contributed by atoms with E-state index in [2.05, 4.69) is 22.5 Å². The average Bonchev–Trinajstić information content (AvgIpc) is 2.41. The van der Waals surface area contributed by atoms with E-state index in [0.29, 0.717) is 23.0 Å². The van der Waals surface area contributed by atoms with Crippen LogP contribution < -0.4 is 10.6 Å². The minimum absolute atomic E-state index is 0.00437. The highest BCUT2D eigenvalue weighted by Crippen LogP contribution is 2.19. The molecule has 1 aromatic rings. The summed E-state index contributed by atoms with van der Waals surface area (Å²) in [5.41, 5.74) is 0.453. The van der Waals surface area contributed by atoms with Crippen molar-refractivity contribution < 1.29 is 9.53 Å². The molecule has 0 bridgehead atoms.